The van der Waals surface area contributed by atoms with E-state index in [1.54, 1.807) is 55.5 Å². The first-order valence-corrected chi connectivity index (χ1v) is 16.6. The van der Waals surface area contributed by atoms with E-state index in [2.05, 4.69) is 5.32 Å². The minimum atomic E-state index is -4.27. The maximum absolute atomic E-state index is 15.0. The Morgan fingerprint density at radius 2 is 1.56 bits per heavy atom. The van der Waals surface area contributed by atoms with Gasteiger partial charge >= 0.3 is 0 Å². The van der Waals surface area contributed by atoms with Crippen LogP contribution in [0.25, 0.3) is 0 Å². The molecule has 1 N–H and O–H groups in total. The van der Waals surface area contributed by atoms with Crippen molar-refractivity contribution in [1.82, 2.24) is 10.2 Å². The normalized spacial score (nSPS) is 11.9. The van der Waals surface area contributed by atoms with Gasteiger partial charge in [-0.1, -0.05) is 97.7 Å². The zero-order valence-corrected chi connectivity index (χ0v) is 26.9. The molecule has 4 aromatic carbocycles. The predicted molar refractivity (Wildman–Crippen MR) is 176 cm³/mol. The van der Waals surface area contributed by atoms with Gasteiger partial charge in [-0.2, -0.15) is 0 Å². The highest BCUT2D eigenvalue weighted by atomic mass is 35.5. The van der Waals surface area contributed by atoms with Crippen molar-refractivity contribution >= 4 is 39.1 Å². The second kappa shape index (κ2) is 15.7. The Balaban J connectivity index is 1.82. The number of anilines is 1. The van der Waals surface area contributed by atoms with E-state index in [1.807, 2.05) is 37.3 Å². The van der Waals surface area contributed by atoms with Crippen molar-refractivity contribution in [2.75, 3.05) is 17.4 Å². The molecule has 0 spiro atoms. The zero-order chi connectivity index (χ0) is 32.4. The Kier molecular flexibility index (Phi) is 11.7. The van der Waals surface area contributed by atoms with Crippen LogP contribution in [0.2, 0.25) is 5.02 Å². The quantitative estimate of drug-likeness (QED) is 0.157. The van der Waals surface area contributed by atoms with E-state index in [0.29, 0.717) is 12.1 Å². The lowest BCUT2D eigenvalue weighted by Crippen LogP contribution is -2.53. The Bertz CT molecular complexity index is 1700. The minimum absolute atomic E-state index is 0.0176. The number of amides is 2. The Labute approximate surface area is 269 Å². The maximum Gasteiger partial charge on any atom is 0.264 e. The van der Waals surface area contributed by atoms with Crippen LogP contribution in [-0.2, 0) is 32.6 Å². The summed E-state index contributed by atoms with van der Waals surface area (Å²) in [7, 11) is -4.27. The molecule has 1 atom stereocenters. The molecule has 7 nitrogen and oxygen atoms in total. The van der Waals surface area contributed by atoms with Crippen LogP contribution in [-0.4, -0.2) is 44.3 Å². The number of hydrogen-bond acceptors (Lipinski definition) is 4. The third kappa shape index (κ3) is 8.71. The number of aryl methyl sites for hydroxylation is 1. The fourth-order valence-corrected chi connectivity index (χ4v) is 6.61. The van der Waals surface area contributed by atoms with Crippen LogP contribution < -0.4 is 9.62 Å². The summed E-state index contributed by atoms with van der Waals surface area (Å²) in [6.45, 7) is 3.22. The summed E-state index contributed by atoms with van der Waals surface area (Å²) in [5.41, 5.74) is 1.78. The van der Waals surface area contributed by atoms with Gasteiger partial charge in [0.15, 0.2) is 0 Å². The molecule has 10 heteroatoms. The van der Waals surface area contributed by atoms with Gasteiger partial charge in [-0.3, -0.25) is 13.9 Å². The van der Waals surface area contributed by atoms with Crippen LogP contribution in [0.1, 0.15) is 36.5 Å². The number of benzene rings is 4. The first-order valence-electron chi connectivity index (χ1n) is 14.8. The molecular formula is C35H37ClFN3O4S. The SMILES string of the molecule is CCCCNC(=O)C(Cc1ccccc1)N(Cc1ccccc1F)C(=O)CN(c1cc(Cl)ccc1C)S(=O)(=O)c1ccccc1. The average Bonchev–Trinajstić information content (AvgIpc) is 3.04. The summed E-state index contributed by atoms with van der Waals surface area (Å²) in [6.07, 6.45) is 1.73. The number of hydrogen-bond donors (Lipinski definition) is 1. The fourth-order valence-electron chi connectivity index (χ4n) is 4.95. The molecule has 45 heavy (non-hydrogen) atoms. The van der Waals surface area contributed by atoms with Gasteiger partial charge in [-0.05, 0) is 54.8 Å². The lowest BCUT2D eigenvalue weighted by atomic mass is 10.0. The Morgan fingerprint density at radius 1 is 0.911 bits per heavy atom. The number of sulfonamides is 1. The van der Waals surface area contributed by atoms with Gasteiger partial charge < -0.3 is 10.2 Å². The number of nitrogens with one attached hydrogen (secondary N) is 1. The van der Waals surface area contributed by atoms with E-state index < -0.39 is 40.2 Å². The number of rotatable bonds is 14. The van der Waals surface area contributed by atoms with Gasteiger partial charge in [0.25, 0.3) is 10.0 Å². The van der Waals surface area contributed by atoms with Gasteiger partial charge in [0.05, 0.1) is 10.6 Å². The van der Waals surface area contributed by atoms with E-state index in [0.717, 1.165) is 22.7 Å². The molecule has 1 unspecified atom stereocenters. The molecule has 4 rings (SSSR count). The standard InChI is InChI=1S/C35H37ClFN3O4S/c1-3-4-21-38-35(42)33(22-27-13-7-5-8-14-27)39(24-28-15-11-12-18-31(28)37)34(41)25-40(32-23-29(36)20-19-26(32)2)45(43,44)30-16-9-6-10-17-30/h5-20,23,33H,3-4,21-22,24-25H2,1-2H3,(H,38,42). The zero-order valence-electron chi connectivity index (χ0n) is 25.3. The van der Waals surface area contributed by atoms with Crippen molar-refractivity contribution in [3.63, 3.8) is 0 Å². The molecule has 0 saturated carbocycles. The fraction of sp³-hybridized carbons (Fsp3) is 0.257. The molecule has 0 heterocycles. The molecule has 0 bridgehead atoms. The Morgan fingerprint density at radius 3 is 2.22 bits per heavy atom. The topological polar surface area (TPSA) is 86.8 Å². The van der Waals surface area contributed by atoms with Crippen LogP contribution in [0, 0.1) is 12.7 Å². The summed E-state index contributed by atoms with van der Waals surface area (Å²) in [4.78, 5) is 29.5. The van der Waals surface area contributed by atoms with Crippen LogP contribution >= 0.6 is 11.6 Å². The van der Waals surface area contributed by atoms with Crippen LogP contribution in [0.3, 0.4) is 0 Å². The van der Waals surface area contributed by atoms with Gasteiger partial charge in [0, 0.05) is 30.1 Å². The molecule has 0 aromatic heterocycles. The van der Waals surface area contributed by atoms with Crippen molar-refractivity contribution in [3.8, 4) is 0 Å². The molecule has 0 aliphatic rings. The molecule has 0 aliphatic heterocycles. The number of carbonyl (C=O) groups is 2. The van der Waals surface area contributed by atoms with Gasteiger partial charge in [-0.25, -0.2) is 12.8 Å². The summed E-state index contributed by atoms with van der Waals surface area (Å²) >= 11 is 6.31. The van der Waals surface area contributed by atoms with E-state index >= 15 is 4.39 Å². The highest BCUT2D eigenvalue weighted by Crippen LogP contribution is 2.30. The molecule has 4 aromatic rings. The summed E-state index contributed by atoms with van der Waals surface area (Å²) in [6, 6.07) is 26.8. The highest BCUT2D eigenvalue weighted by Gasteiger charge is 2.35. The predicted octanol–water partition coefficient (Wildman–Crippen LogP) is 6.54. The second-order valence-corrected chi connectivity index (χ2v) is 13.0. The second-order valence-electron chi connectivity index (χ2n) is 10.7. The van der Waals surface area contributed by atoms with E-state index in [1.165, 1.54) is 29.2 Å². The summed E-state index contributed by atoms with van der Waals surface area (Å²) in [5, 5.41) is 3.21. The largest absolute Gasteiger partial charge is 0.354 e. The number of halogens is 2. The maximum atomic E-state index is 15.0. The molecule has 236 valence electrons. The monoisotopic (exact) mass is 649 g/mol. The molecule has 0 fully saturated rings. The molecule has 0 saturated heterocycles. The lowest BCUT2D eigenvalue weighted by molar-refractivity contribution is -0.140. The van der Waals surface area contributed by atoms with Gasteiger partial charge in [0.1, 0.15) is 18.4 Å². The number of nitrogens with zero attached hydrogens (tertiary/aromatic N) is 2. The summed E-state index contributed by atoms with van der Waals surface area (Å²) < 4.78 is 44.3. The number of unbranched alkanes of at least 4 members (excludes halogenated alkanes) is 1. The van der Waals surface area contributed by atoms with E-state index in [4.69, 9.17) is 11.6 Å². The number of carbonyl (C=O) groups excluding carboxylic acids is 2. The first kappa shape index (κ1) is 33.7. The first-order chi connectivity index (χ1) is 21.6. The van der Waals surface area contributed by atoms with Crippen molar-refractivity contribution in [1.29, 1.82) is 0 Å². The molecule has 0 radical (unpaired) electrons. The van der Waals surface area contributed by atoms with Crippen molar-refractivity contribution in [2.24, 2.45) is 0 Å². The molecular weight excluding hydrogens is 613 g/mol. The van der Waals surface area contributed by atoms with Crippen molar-refractivity contribution < 1.29 is 22.4 Å². The van der Waals surface area contributed by atoms with Gasteiger partial charge in [0.2, 0.25) is 11.8 Å². The molecule has 2 amide bonds. The lowest BCUT2D eigenvalue weighted by Gasteiger charge is -2.34. The summed E-state index contributed by atoms with van der Waals surface area (Å²) in [5.74, 6) is -1.63. The van der Waals surface area contributed by atoms with Crippen molar-refractivity contribution in [3.05, 3.63) is 131 Å². The third-order valence-electron chi connectivity index (χ3n) is 7.45. The van der Waals surface area contributed by atoms with Crippen LogP contribution in [0.15, 0.2) is 108 Å². The smallest absolute Gasteiger partial charge is 0.264 e. The highest BCUT2D eigenvalue weighted by molar-refractivity contribution is 7.92. The van der Waals surface area contributed by atoms with Crippen LogP contribution in [0.5, 0.6) is 0 Å². The Hall–Kier alpha value is -4.21. The minimum Gasteiger partial charge on any atom is -0.354 e. The van der Waals surface area contributed by atoms with E-state index in [9.17, 15) is 18.0 Å². The average molecular weight is 650 g/mol. The van der Waals surface area contributed by atoms with E-state index in [-0.39, 0.29) is 34.1 Å². The third-order valence-corrected chi connectivity index (χ3v) is 9.46. The van der Waals surface area contributed by atoms with Crippen molar-refractivity contribution in [2.45, 2.75) is 50.6 Å². The van der Waals surface area contributed by atoms with Crippen LogP contribution in [0.4, 0.5) is 10.1 Å². The molecule has 0 aliphatic carbocycles. The van der Waals surface area contributed by atoms with Gasteiger partial charge in [-0.15, -0.1) is 0 Å².